The summed E-state index contributed by atoms with van der Waals surface area (Å²) < 4.78 is 0. The number of hydrogen-bond acceptors (Lipinski definition) is 4. The fourth-order valence-corrected chi connectivity index (χ4v) is 2.84. The minimum atomic E-state index is -0.281. The van der Waals surface area contributed by atoms with Gasteiger partial charge in [-0.1, -0.05) is 0 Å². The van der Waals surface area contributed by atoms with Gasteiger partial charge < -0.3 is 10.0 Å². The maximum atomic E-state index is 12.0. The number of carbonyl (C=O) groups is 1. The summed E-state index contributed by atoms with van der Waals surface area (Å²) in [7, 11) is 0. The number of anilines is 1. The molecule has 0 aromatic carbocycles. The van der Waals surface area contributed by atoms with Gasteiger partial charge in [-0.3, -0.25) is 5.32 Å². The lowest BCUT2D eigenvalue weighted by Gasteiger charge is -2.32. The van der Waals surface area contributed by atoms with Crippen molar-refractivity contribution in [2.75, 3.05) is 18.4 Å². The summed E-state index contributed by atoms with van der Waals surface area (Å²) in [5.74, 6) is 0.316. The van der Waals surface area contributed by atoms with Crippen molar-refractivity contribution in [3.63, 3.8) is 0 Å². The van der Waals surface area contributed by atoms with E-state index in [1.54, 1.807) is 4.90 Å². The average molecular weight is 269 g/mol. The number of amides is 2. The van der Waals surface area contributed by atoms with Crippen LogP contribution in [0.5, 0.6) is 0 Å². The Morgan fingerprint density at radius 1 is 1.61 bits per heavy atom. The largest absolute Gasteiger partial charge is 0.393 e. The Morgan fingerprint density at radius 2 is 2.28 bits per heavy atom. The van der Waals surface area contributed by atoms with Crippen molar-refractivity contribution < 1.29 is 9.90 Å². The van der Waals surface area contributed by atoms with Gasteiger partial charge in [0.05, 0.1) is 11.8 Å². The molecule has 0 aliphatic carbocycles. The summed E-state index contributed by atoms with van der Waals surface area (Å²) in [5.41, 5.74) is 0.920. The molecule has 1 aliphatic heterocycles. The predicted molar refractivity (Wildman–Crippen MR) is 71.8 cm³/mol. The number of likely N-dealkylation sites (tertiary alicyclic amines) is 1. The molecule has 5 nitrogen and oxygen atoms in total. The van der Waals surface area contributed by atoms with Gasteiger partial charge in [-0.25, -0.2) is 9.78 Å². The predicted octanol–water partition coefficient (Wildman–Crippen LogP) is 2.08. The minimum Gasteiger partial charge on any atom is -0.393 e. The van der Waals surface area contributed by atoms with E-state index in [4.69, 9.17) is 0 Å². The fourth-order valence-electron chi connectivity index (χ4n) is 2.17. The third-order valence-electron chi connectivity index (χ3n) is 3.34. The van der Waals surface area contributed by atoms with E-state index in [0.29, 0.717) is 24.1 Å². The fraction of sp³-hybridized carbons (Fsp3) is 0.667. The van der Waals surface area contributed by atoms with Crippen LogP contribution in [-0.2, 0) is 0 Å². The Morgan fingerprint density at radius 3 is 2.78 bits per heavy atom. The first kappa shape index (κ1) is 13.3. The first-order valence-electron chi connectivity index (χ1n) is 6.22. The number of carbonyl (C=O) groups excluding carboxylic acids is 1. The Bertz CT molecular complexity index is 411. The van der Waals surface area contributed by atoms with Crippen molar-refractivity contribution >= 4 is 22.5 Å². The highest BCUT2D eigenvalue weighted by Crippen LogP contribution is 2.21. The molecule has 100 valence electrons. The first-order chi connectivity index (χ1) is 8.56. The number of aliphatic hydroxyl groups is 1. The topological polar surface area (TPSA) is 65.5 Å². The van der Waals surface area contributed by atoms with E-state index in [1.807, 2.05) is 19.2 Å². The molecule has 1 atom stereocenters. The normalized spacial score (nSPS) is 18.7. The lowest BCUT2D eigenvalue weighted by Crippen LogP contribution is -2.42. The lowest BCUT2D eigenvalue weighted by molar-refractivity contribution is 0.0820. The molecule has 2 N–H and O–H groups in total. The quantitative estimate of drug-likeness (QED) is 0.864. The van der Waals surface area contributed by atoms with Gasteiger partial charge in [-0.05, 0) is 32.6 Å². The zero-order chi connectivity index (χ0) is 13.1. The summed E-state index contributed by atoms with van der Waals surface area (Å²) in [4.78, 5) is 18.0. The van der Waals surface area contributed by atoms with Gasteiger partial charge in [0, 0.05) is 18.5 Å². The third-order valence-corrected chi connectivity index (χ3v) is 4.22. The minimum absolute atomic E-state index is 0.0895. The first-order valence-corrected chi connectivity index (χ1v) is 7.10. The standard InChI is InChI=1S/C12H19N3O2S/c1-8-7-18-11(13-8)14-12(17)15-5-3-10(4-6-15)9(2)16/h7,9-10,16H,3-6H2,1-2H3,(H,13,14,17). The van der Waals surface area contributed by atoms with Crippen LogP contribution in [-0.4, -0.2) is 40.2 Å². The second-order valence-corrected chi connectivity index (χ2v) is 5.65. The number of hydrogen-bond donors (Lipinski definition) is 2. The molecule has 1 saturated heterocycles. The highest BCUT2D eigenvalue weighted by molar-refractivity contribution is 7.13. The Labute approximate surface area is 111 Å². The summed E-state index contributed by atoms with van der Waals surface area (Å²) in [5, 5.41) is 14.9. The maximum absolute atomic E-state index is 12.0. The molecular weight excluding hydrogens is 250 g/mol. The van der Waals surface area contributed by atoms with E-state index in [9.17, 15) is 9.90 Å². The molecule has 1 unspecified atom stereocenters. The number of urea groups is 1. The highest BCUT2D eigenvalue weighted by atomic mass is 32.1. The number of rotatable bonds is 2. The maximum Gasteiger partial charge on any atom is 0.323 e. The molecule has 0 saturated carbocycles. The van der Waals surface area contributed by atoms with Crippen LogP contribution in [0.15, 0.2) is 5.38 Å². The van der Waals surface area contributed by atoms with Crippen LogP contribution in [0.25, 0.3) is 0 Å². The summed E-state index contributed by atoms with van der Waals surface area (Å²) >= 11 is 1.44. The van der Waals surface area contributed by atoms with E-state index < -0.39 is 0 Å². The number of piperidine rings is 1. The SMILES string of the molecule is Cc1csc(NC(=O)N2CCC(C(C)O)CC2)n1. The van der Waals surface area contributed by atoms with Gasteiger partial charge in [-0.2, -0.15) is 0 Å². The molecule has 2 rings (SSSR count). The summed E-state index contributed by atoms with van der Waals surface area (Å²) in [6.07, 6.45) is 1.45. The van der Waals surface area contributed by atoms with E-state index >= 15 is 0 Å². The van der Waals surface area contributed by atoms with E-state index in [0.717, 1.165) is 18.5 Å². The van der Waals surface area contributed by atoms with Crippen molar-refractivity contribution in [1.29, 1.82) is 0 Å². The summed E-state index contributed by atoms with van der Waals surface area (Å²) in [6.45, 7) is 5.12. The molecule has 1 aromatic rings. The Balaban J connectivity index is 1.84. The van der Waals surface area contributed by atoms with Crippen LogP contribution in [0.3, 0.4) is 0 Å². The highest BCUT2D eigenvalue weighted by Gasteiger charge is 2.25. The average Bonchev–Trinajstić information content (AvgIpc) is 2.75. The van der Waals surface area contributed by atoms with E-state index in [-0.39, 0.29) is 12.1 Å². The molecule has 1 aromatic heterocycles. The van der Waals surface area contributed by atoms with Gasteiger partial charge >= 0.3 is 6.03 Å². The molecular formula is C12H19N3O2S. The van der Waals surface area contributed by atoms with E-state index in [2.05, 4.69) is 10.3 Å². The third kappa shape index (κ3) is 3.20. The molecule has 0 radical (unpaired) electrons. The van der Waals surface area contributed by atoms with Crippen LogP contribution in [0.2, 0.25) is 0 Å². The van der Waals surface area contributed by atoms with Crippen molar-refractivity contribution in [1.82, 2.24) is 9.88 Å². The lowest BCUT2D eigenvalue weighted by atomic mass is 9.92. The molecule has 18 heavy (non-hydrogen) atoms. The number of aliphatic hydroxyl groups excluding tert-OH is 1. The molecule has 6 heteroatoms. The molecule has 2 heterocycles. The van der Waals surface area contributed by atoms with Gasteiger partial charge in [0.2, 0.25) is 0 Å². The Kier molecular flexibility index (Phi) is 4.19. The number of thiazole rings is 1. The van der Waals surface area contributed by atoms with Crippen LogP contribution in [0, 0.1) is 12.8 Å². The van der Waals surface area contributed by atoms with Gasteiger partial charge in [0.25, 0.3) is 0 Å². The summed E-state index contributed by atoms with van der Waals surface area (Å²) in [6, 6.07) is -0.0895. The van der Waals surface area contributed by atoms with Crippen LogP contribution >= 0.6 is 11.3 Å². The zero-order valence-electron chi connectivity index (χ0n) is 10.7. The monoisotopic (exact) mass is 269 g/mol. The van der Waals surface area contributed by atoms with Crippen LogP contribution < -0.4 is 5.32 Å². The van der Waals surface area contributed by atoms with Crippen LogP contribution in [0.1, 0.15) is 25.5 Å². The molecule has 1 fully saturated rings. The second kappa shape index (κ2) is 5.67. The Hall–Kier alpha value is -1.14. The van der Waals surface area contributed by atoms with E-state index in [1.165, 1.54) is 11.3 Å². The van der Waals surface area contributed by atoms with Gasteiger partial charge in [0.15, 0.2) is 5.13 Å². The second-order valence-electron chi connectivity index (χ2n) is 4.79. The van der Waals surface area contributed by atoms with Crippen molar-refractivity contribution in [2.24, 2.45) is 5.92 Å². The molecule has 2 amide bonds. The van der Waals surface area contributed by atoms with Crippen molar-refractivity contribution in [3.8, 4) is 0 Å². The number of nitrogens with zero attached hydrogens (tertiary/aromatic N) is 2. The van der Waals surface area contributed by atoms with Gasteiger partial charge in [-0.15, -0.1) is 11.3 Å². The van der Waals surface area contributed by atoms with Gasteiger partial charge in [0.1, 0.15) is 0 Å². The molecule has 0 bridgehead atoms. The smallest absolute Gasteiger partial charge is 0.323 e. The van der Waals surface area contributed by atoms with Crippen molar-refractivity contribution in [2.45, 2.75) is 32.8 Å². The van der Waals surface area contributed by atoms with Crippen molar-refractivity contribution in [3.05, 3.63) is 11.1 Å². The van der Waals surface area contributed by atoms with Crippen LogP contribution in [0.4, 0.5) is 9.93 Å². The molecule has 1 aliphatic rings. The number of nitrogens with one attached hydrogen (secondary N) is 1. The number of aryl methyl sites for hydroxylation is 1. The molecule has 0 spiro atoms. The number of aromatic nitrogens is 1. The zero-order valence-corrected chi connectivity index (χ0v) is 11.5.